The molecule has 0 radical (unpaired) electrons. The number of benzene rings is 1. The second-order valence-corrected chi connectivity index (χ2v) is 5.33. The van der Waals surface area contributed by atoms with Crippen molar-refractivity contribution in [2.24, 2.45) is 0 Å². The molecule has 2 aromatic rings. The number of aliphatic hydroxyl groups is 1. The monoisotopic (exact) mass is 308 g/mol. The van der Waals surface area contributed by atoms with Gasteiger partial charge in [0.25, 0.3) is 0 Å². The summed E-state index contributed by atoms with van der Waals surface area (Å²) in [5, 5.41) is 9.94. The third kappa shape index (κ3) is 2.78. The van der Waals surface area contributed by atoms with E-state index < -0.39 is 23.9 Å². The van der Waals surface area contributed by atoms with Crippen LogP contribution >= 0.6 is 0 Å². The van der Waals surface area contributed by atoms with Crippen LogP contribution in [0.25, 0.3) is 0 Å². The number of hydrogen-bond donors (Lipinski definition) is 1. The van der Waals surface area contributed by atoms with Crippen LogP contribution in [0.3, 0.4) is 0 Å². The predicted molar refractivity (Wildman–Crippen MR) is 76.4 cm³/mol. The molecule has 1 saturated heterocycles. The summed E-state index contributed by atoms with van der Waals surface area (Å²) in [6, 6.07) is 10.2. The number of rotatable bonds is 2. The molecule has 0 unspecified atom stereocenters. The number of aromatic nitrogens is 1. The van der Waals surface area contributed by atoms with Gasteiger partial charge in [0.15, 0.2) is 0 Å². The van der Waals surface area contributed by atoms with Crippen molar-refractivity contribution < 1.29 is 18.3 Å². The maximum Gasteiger partial charge on any atom is 0.416 e. The molecule has 0 saturated carbocycles. The van der Waals surface area contributed by atoms with Gasteiger partial charge in [0.2, 0.25) is 0 Å². The minimum Gasteiger partial charge on any atom is -0.391 e. The molecule has 2 atom stereocenters. The Morgan fingerprint density at radius 2 is 1.82 bits per heavy atom. The van der Waals surface area contributed by atoms with Gasteiger partial charge in [0.1, 0.15) is 5.82 Å². The van der Waals surface area contributed by atoms with Gasteiger partial charge in [-0.1, -0.05) is 24.3 Å². The molecule has 1 fully saturated rings. The SMILES string of the molecule is O[C@H]1C[C@H](c2ccccc2C(F)(F)F)N(c2ccccn2)C1. The van der Waals surface area contributed by atoms with Crippen LogP contribution in [-0.4, -0.2) is 22.7 Å². The number of pyridine rings is 1. The van der Waals surface area contributed by atoms with E-state index in [0.717, 1.165) is 6.07 Å². The number of alkyl halides is 3. The molecule has 6 heteroatoms. The maximum atomic E-state index is 13.2. The van der Waals surface area contributed by atoms with Gasteiger partial charge in [-0.05, 0) is 30.2 Å². The molecule has 0 aliphatic carbocycles. The average Bonchev–Trinajstić information content (AvgIpc) is 2.89. The molecule has 1 N–H and O–H groups in total. The van der Waals surface area contributed by atoms with Crippen molar-refractivity contribution in [3.8, 4) is 0 Å². The molecule has 1 aromatic carbocycles. The Morgan fingerprint density at radius 3 is 2.50 bits per heavy atom. The number of aliphatic hydroxyl groups excluding tert-OH is 1. The first-order valence-corrected chi connectivity index (χ1v) is 6.98. The molecular weight excluding hydrogens is 293 g/mol. The van der Waals surface area contributed by atoms with Crippen LogP contribution in [0.15, 0.2) is 48.7 Å². The first-order valence-electron chi connectivity index (χ1n) is 6.98. The lowest BCUT2D eigenvalue weighted by Crippen LogP contribution is -2.26. The Hall–Kier alpha value is -2.08. The zero-order chi connectivity index (χ0) is 15.7. The van der Waals surface area contributed by atoms with E-state index >= 15 is 0 Å². The normalized spacial score (nSPS) is 22.1. The molecule has 3 rings (SSSR count). The third-order valence-corrected chi connectivity index (χ3v) is 3.85. The Morgan fingerprint density at radius 1 is 1.09 bits per heavy atom. The van der Waals surface area contributed by atoms with Crippen LogP contribution in [0.4, 0.5) is 19.0 Å². The van der Waals surface area contributed by atoms with Gasteiger partial charge in [0, 0.05) is 12.7 Å². The standard InChI is InChI=1S/C16H15F3N2O/c17-16(18,19)13-6-2-1-5-12(13)14-9-11(22)10-21(14)15-7-3-4-8-20-15/h1-8,11,14,22H,9-10H2/t11-,14+/m0/s1. The predicted octanol–water partition coefficient (Wildman–Crippen LogP) is 3.41. The summed E-state index contributed by atoms with van der Waals surface area (Å²) in [7, 11) is 0. The second-order valence-electron chi connectivity index (χ2n) is 5.33. The third-order valence-electron chi connectivity index (χ3n) is 3.85. The van der Waals surface area contributed by atoms with Gasteiger partial charge < -0.3 is 10.0 Å². The molecule has 1 aliphatic heterocycles. The summed E-state index contributed by atoms with van der Waals surface area (Å²) < 4.78 is 39.7. The Balaban J connectivity index is 2.03. The van der Waals surface area contributed by atoms with Crippen molar-refractivity contribution in [1.29, 1.82) is 0 Å². The molecule has 0 spiro atoms. The van der Waals surface area contributed by atoms with Gasteiger partial charge in [-0.25, -0.2) is 4.98 Å². The lowest BCUT2D eigenvalue weighted by molar-refractivity contribution is -0.138. The van der Waals surface area contributed by atoms with Crippen molar-refractivity contribution >= 4 is 5.82 Å². The summed E-state index contributed by atoms with van der Waals surface area (Å²) in [5.41, 5.74) is -0.479. The highest BCUT2D eigenvalue weighted by molar-refractivity contribution is 5.46. The average molecular weight is 308 g/mol. The fourth-order valence-corrected chi connectivity index (χ4v) is 2.93. The number of anilines is 1. The summed E-state index contributed by atoms with van der Waals surface area (Å²) in [4.78, 5) is 5.93. The molecule has 0 bridgehead atoms. The van der Waals surface area contributed by atoms with Gasteiger partial charge in [-0.15, -0.1) is 0 Å². The summed E-state index contributed by atoms with van der Waals surface area (Å²) >= 11 is 0. The van der Waals surface area contributed by atoms with Crippen molar-refractivity contribution in [2.45, 2.75) is 24.7 Å². The van der Waals surface area contributed by atoms with Crippen LogP contribution in [0.5, 0.6) is 0 Å². The summed E-state index contributed by atoms with van der Waals surface area (Å²) in [6.07, 6.45) is -3.25. The quantitative estimate of drug-likeness (QED) is 0.923. The van der Waals surface area contributed by atoms with Gasteiger partial charge in [-0.3, -0.25) is 0 Å². The van der Waals surface area contributed by atoms with Gasteiger partial charge in [0.05, 0.1) is 17.7 Å². The van der Waals surface area contributed by atoms with E-state index in [1.807, 2.05) is 0 Å². The number of β-amino-alcohol motifs (C(OH)–C–C–N with tert-alkyl or cyclic N) is 1. The van der Waals surface area contributed by atoms with E-state index in [4.69, 9.17) is 0 Å². The zero-order valence-electron chi connectivity index (χ0n) is 11.7. The summed E-state index contributed by atoms with van der Waals surface area (Å²) in [5.74, 6) is 0.570. The van der Waals surface area contributed by atoms with E-state index in [-0.39, 0.29) is 18.5 Å². The van der Waals surface area contributed by atoms with Crippen LogP contribution < -0.4 is 4.90 Å². The van der Waals surface area contributed by atoms with Crippen molar-refractivity contribution in [3.63, 3.8) is 0 Å². The minimum atomic E-state index is -4.42. The maximum absolute atomic E-state index is 13.2. The van der Waals surface area contributed by atoms with Crippen molar-refractivity contribution in [3.05, 3.63) is 59.8 Å². The lowest BCUT2D eigenvalue weighted by atomic mass is 9.97. The van der Waals surface area contributed by atoms with E-state index in [1.165, 1.54) is 12.1 Å². The van der Waals surface area contributed by atoms with Crippen LogP contribution in [0, 0.1) is 0 Å². The molecule has 116 valence electrons. The van der Waals surface area contributed by atoms with Crippen molar-refractivity contribution in [2.75, 3.05) is 11.4 Å². The highest BCUT2D eigenvalue weighted by atomic mass is 19.4. The molecule has 22 heavy (non-hydrogen) atoms. The van der Waals surface area contributed by atoms with Crippen molar-refractivity contribution in [1.82, 2.24) is 4.98 Å². The molecule has 1 aliphatic rings. The van der Waals surface area contributed by atoms with Gasteiger partial charge in [-0.2, -0.15) is 13.2 Å². The van der Waals surface area contributed by atoms with E-state index in [1.54, 1.807) is 35.4 Å². The molecule has 1 aromatic heterocycles. The molecule has 3 nitrogen and oxygen atoms in total. The smallest absolute Gasteiger partial charge is 0.391 e. The Labute approximate surface area is 126 Å². The number of nitrogens with zero attached hydrogens (tertiary/aromatic N) is 2. The van der Waals surface area contributed by atoms with Crippen LogP contribution in [0.2, 0.25) is 0 Å². The first-order chi connectivity index (χ1) is 10.5. The highest BCUT2D eigenvalue weighted by Gasteiger charge is 2.40. The van der Waals surface area contributed by atoms with Crippen LogP contribution in [0.1, 0.15) is 23.6 Å². The lowest BCUT2D eigenvalue weighted by Gasteiger charge is -2.27. The van der Waals surface area contributed by atoms with E-state index in [2.05, 4.69) is 4.98 Å². The topological polar surface area (TPSA) is 36.4 Å². The first kappa shape index (κ1) is 14.8. The molecule has 2 heterocycles. The molecular formula is C16H15F3N2O. The second kappa shape index (κ2) is 5.61. The zero-order valence-corrected chi connectivity index (χ0v) is 11.7. The largest absolute Gasteiger partial charge is 0.416 e. The number of hydrogen-bond acceptors (Lipinski definition) is 3. The fourth-order valence-electron chi connectivity index (χ4n) is 2.93. The highest BCUT2D eigenvalue weighted by Crippen LogP contribution is 2.41. The Bertz CT molecular complexity index is 645. The Kier molecular flexibility index (Phi) is 3.78. The summed E-state index contributed by atoms with van der Waals surface area (Å²) in [6.45, 7) is 0.272. The number of halogens is 3. The fraction of sp³-hybridized carbons (Fsp3) is 0.312. The van der Waals surface area contributed by atoms with Gasteiger partial charge >= 0.3 is 6.18 Å². The van der Waals surface area contributed by atoms with E-state index in [9.17, 15) is 18.3 Å². The minimum absolute atomic E-state index is 0.178. The van der Waals surface area contributed by atoms with E-state index in [0.29, 0.717) is 5.82 Å². The van der Waals surface area contributed by atoms with Crippen LogP contribution in [-0.2, 0) is 6.18 Å². The molecule has 0 amide bonds.